The summed E-state index contributed by atoms with van der Waals surface area (Å²) in [4.78, 5) is 17.6. The molecule has 1 fully saturated rings. The van der Waals surface area contributed by atoms with Gasteiger partial charge in [0.15, 0.2) is 4.80 Å². The van der Waals surface area contributed by atoms with Crippen molar-refractivity contribution in [1.82, 2.24) is 8.87 Å². The normalized spacial score (nSPS) is 20.2. The van der Waals surface area contributed by atoms with Crippen molar-refractivity contribution in [1.29, 1.82) is 0 Å². The quantitative estimate of drug-likeness (QED) is 0.801. The van der Waals surface area contributed by atoms with Gasteiger partial charge in [0, 0.05) is 20.1 Å². The average Bonchev–Trinajstić information content (AvgIpc) is 2.89. The summed E-state index contributed by atoms with van der Waals surface area (Å²) in [6, 6.07) is 6.33. The summed E-state index contributed by atoms with van der Waals surface area (Å²) in [5.41, 5.74) is 2.31. The van der Waals surface area contributed by atoms with E-state index in [2.05, 4.69) is 37.0 Å². The van der Waals surface area contributed by atoms with Crippen LogP contribution in [0.1, 0.15) is 38.2 Å². The number of benzene rings is 1. The monoisotopic (exact) mass is 395 g/mol. The van der Waals surface area contributed by atoms with Crippen LogP contribution in [0.2, 0.25) is 0 Å². The van der Waals surface area contributed by atoms with E-state index in [1.165, 1.54) is 27.5 Å². The van der Waals surface area contributed by atoms with Gasteiger partial charge in [-0.3, -0.25) is 4.79 Å². The SMILES string of the molecule is CC(C)c1ccc2c(c1)sc(=NC(=O)C1CCCN(S(C)(=O)=O)C1)n2C. The first kappa shape index (κ1) is 19.3. The summed E-state index contributed by atoms with van der Waals surface area (Å²) < 4.78 is 27.9. The second-order valence-electron chi connectivity index (χ2n) is 7.24. The Balaban J connectivity index is 1.91. The number of fused-ring (bicyclic) bond motifs is 1. The first-order chi connectivity index (χ1) is 12.2. The van der Waals surface area contributed by atoms with Gasteiger partial charge < -0.3 is 4.57 Å². The number of hydrogen-bond donors (Lipinski definition) is 0. The minimum atomic E-state index is -3.27. The van der Waals surface area contributed by atoms with Gasteiger partial charge in [-0.05, 0) is 36.5 Å². The molecule has 0 N–H and O–H groups in total. The smallest absolute Gasteiger partial charge is 0.252 e. The van der Waals surface area contributed by atoms with E-state index in [-0.39, 0.29) is 18.4 Å². The van der Waals surface area contributed by atoms with E-state index in [9.17, 15) is 13.2 Å². The lowest BCUT2D eigenvalue weighted by atomic mass is 9.99. The highest BCUT2D eigenvalue weighted by molar-refractivity contribution is 7.88. The zero-order valence-electron chi connectivity index (χ0n) is 15.6. The number of aromatic nitrogens is 1. The maximum atomic E-state index is 12.6. The number of rotatable bonds is 3. The van der Waals surface area contributed by atoms with Crippen LogP contribution in [0.15, 0.2) is 23.2 Å². The summed E-state index contributed by atoms with van der Waals surface area (Å²) in [6.45, 7) is 5.02. The van der Waals surface area contributed by atoms with Crippen LogP contribution >= 0.6 is 11.3 Å². The highest BCUT2D eigenvalue weighted by Crippen LogP contribution is 2.24. The van der Waals surface area contributed by atoms with E-state index >= 15 is 0 Å². The molecule has 3 rings (SSSR count). The second-order valence-corrected chi connectivity index (χ2v) is 10.2. The molecule has 1 atom stereocenters. The van der Waals surface area contributed by atoms with E-state index < -0.39 is 10.0 Å². The van der Waals surface area contributed by atoms with Gasteiger partial charge in [-0.2, -0.15) is 4.99 Å². The van der Waals surface area contributed by atoms with Crippen LogP contribution in [0, 0.1) is 5.92 Å². The molecule has 26 heavy (non-hydrogen) atoms. The Morgan fingerprint density at radius 3 is 2.73 bits per heavy atom. The molecule has 1 aliphatic rings. The Labute approximate surface area is 158 Å². The molecule has 1 aliphatic heterocycles. The van der Waals surface area contributed by atoms with Gasteiger partial charge >= 0.3 is 0 Å². The Hall–Kier alpha value is -1.51. The van der Waals surface area contributed by atoms with Gasteiger partial charge in [0.25, 0.3) is 5.91 Å². The second kappa shape index (κ2) is 7.25. The third kappa shape index (κ3) is 3.92. The number of piperidine rings is 1. The van der Waals surface area contributed by atoms with Gasteiger partial charge in [0.1, 0.15) is 0 Å². The predicted octanol–water partition coefficient (Wildman–Crippen LogP) is 2.46. The van der Waals surface area contributed by atoms with Crippen molar-refractivity contribution in [2.45, 2.75) is 32.6 Å². The summed E-state index contributed by atoms with van der Waals surface area (Å²) in [5.74, 6) is -0.155. The molecule has 2 heterocycles. The standard InChI is InChI=1S/C18H25N3O3S2/c1-12(2)13-7-8-15-16(10-13)25-18(20(15)3)19-17(22)14-6-5-9-21(11-14)26(4,23)24/h7-8,10,12,14H,5-6,9,11H2,1-4H3. The average molecular weight is 396 g/mol. The molecule has 0 radical (unpaired) electrons. The third-order valence-electron chi connectivity index (χ3n) is 4.91. The largest absolute Gasteiger partial charge is 0.319 e. The fraction of sp³-hybridized carbons (Fsp3) is 0.556. The fourth-order valence-electron chi connectivity index (χ4n) is 3.25. The molecule has 1 amide bonds. The molecule has 0 bridgehead atoms. The summed E-state index contributed by atoms with van der Waals surface area (Å²) in [6.07, 6.45) is 2.56. The number of carbonyl (C=O) groups excluding carboxylic acids is 1. The topological polar surface area (TPSA) is 71.7 Å². The van der Waals surface area contributed by atoms with Gasteiger partial charge in [-0.25, -0.2) is 12.7 Å². The van der Waals surface area contributed by atoms with Crippen LogP contribution in [-0.4, -0.2) is 42.5 Å². The van der Waals surface area contributed by atoms with E-state index in [0.29, 0.717) is 30.1 Å². The first-order valence-electron chi connectivity index (χ1n) is 8.80. The lowest BCUT2D eigenvalue weighted by molar-refractivity contribution is -0.122. The van der Waals surface area contributed by atoms with E-state index in [4.69, 9.17) is 0 Å². The van der Waals surface area contributed by atoms with Crippen molar-refractivity contribution < 1.29 is 13.2 Å². The molecular weight excluding hydrogens is 370 g/mol. The van der Waals surface area contributed by atoms with Crippen molar-refractivity contribution in [3.8, 4) is 0 Å². The van der Waals surface area contributed by atoms with Crippen molar-refractivity contribution in [2.24, 2.45) is 18.0 Å². The van der Waals surface area contributed by atoms with Gasteiger partial charge in [0.2, 0.25) is 10.0 Å². The van der Waals surface area contributed by atoms with Crippen molar-refractivity contribution >= 4 is 37.5 Å². The molecule has 1 unspecified atom stereocenters. The van der Waals surface area contributed by atoms with Gasteiger partial charge in [0.05, 0.1) is 22.4 Å². The van der Waals surface area contributed by atoms with Crippen LogP contribution in [0.5, 0.6) is 0 Å². The summed E-state index contributed by atoms with van der Waals surface area (Å²) in [7, 11) is -1.36. The number of carbonyl (C=O) groups is 1. The minimum absolute atomic E-state index is 0.229. The molecule has 0 spiro atoms. The number of nitrogens with zero attached hydrogens (tertiary/aromatic N) is 3. The van der Waals surface area contributed by atoms with E-state index in [0.717, 1.165) is 10.2 Å². The van der Waals surface area contributed by atoms with E-state index in [1.54, 1.807) is 0 Å². The van der Waals surface area contributed by atoms with Crippen LogP contribution in [-0.2, 0) is 21.9 Å². The highest BCUT2D eigenvalue weighted by Gasteiger charge is 2.30. The number of hydrogen-bond acceptors (Lipinski definition) is 4. The van der Waals surface area contributed by atoms with Gasteiger partial charge in [-0.1, -0.05) is 31.3 Å². The molecule has 8 heteroatoms. The lowest BCUT2D eigenvalue weighted by Gasteiger charge is -2.28. The number of aryl methyl sites for hydroxylation is 1. The first-order valence-corrected chi connectivity index (χ1v) is 11.5. The maximum Gasteiger partial charge on any atom is 0.252 e. The third-order valence-corrected chi connectivity index (χ3v) is 7.27. The summed E-state index contributed by atoms with van der Waals surface area (Å²) >= 11 is 1.50. The predicted molar refractivity (Wildman–Crippen MR) is 105 cm³/mol. The molecule has 142 valence electrons. The molecule has 0 aliphatic carbocycles. The van der Waals surface area contributed by atoms with Crippen LogP contribution < -0.4 is 4.80 Å². The number of amides is 1. The van der Waals surface area contributed by atoms with Crippen molar-refractivity contribution in [2.75, 3.05) is 19.3 Å². The Bertz CT molecular complexity index is 1000. The summed E-state index contributed by atoms with van der Waals surface area (Å²) in [5, 5.41) is 0. The lowest BCUT2D eigenvalue weighted by Crippen LogP contribution is -2.41. The van der Waals surface area contributed by atoms with Crippen molar-refractivity contribution in [3.05, 3.63) is 28.6 Å². The van der Waals surface area contributed by atoms with Crippen LogP contribution in [0.4, 0.5) is 0 Å². The molecule has 6 nitrogen and oxygen atoms in total. The molecule has 1 aromatic heterocycles. The maximum absolute atomic E-state index is 12.6. The zero-order valence-corrected chi connectivity index (χ0v) is 17.2. The van der Waals surface area contributed by atoms with Crippen molar-refractivity contribution in [3.63, 3.8) is 0 Å². The molecule has 0 saturated carbocycles. The number of sulfonamides is 1. The van der Waals surface area contributed by atoms with Crippen LogP contribution in [0.25, 0.3) is 10.2 Å². The Morgan fingerprint density at radius 1 is 1.35 bits per heavy atom. The molecular formula is C18H25N3O3S2. The van der Waals surface area contributed by atoms with Crippen LogP contribution in [0.3, 0.4) is 0 Å². The molecule has 2 aromatic rings. The number of thiazole rings is 1. The molecule has 1 saturated heterocycles. The van der Waals surface area contributed by atoms with Gasteiger partial charge in [-0.15, -0.1) is 0 Å². The zero-order chi connectivity index (χ0) is 19.1. The highest BCUT2D eigenvalue weighted by atomic mass is 32.2. The molecule has 1 aromatic carbocycles. The van der Waals surface area contributed by atoms with E-state index in [1.807, 2.05) is 11.6 Å². The Kier molecular flexibility index (Phi) is 5.37. The Morgan fingerprint density at radius 2 is 2.08 bits per heavy atom. The fourth-order valence-corrected chi connectivity index (χ4v) is 5.23. The minimum Gasteiger partial charge on any atom is -0.319 e.